The Labute approximate surface area is 170 Å². The molecule has 0 spiro atoms. The summed E-state index contributed by atoms with van der Waals surface area (Å²) < 4.78 is 32.0. The molecule has 3 rings (SSSR count). The molecule has 1 fully saturated rings. The fourth-order valence-corrected chi connectivity index (χ4v) is 4.36. The summed E-state index contributed by atoms with van der Waals surface area (Å²) in [6.07, 6.45) is 0. The lowest BCUT2D eigenvalue weighted by atomic mass is 9.98. The first-order valence-corrected chi connectivity index (χ1v) is 9.36. The van der Waals surface area contributed by atoms with E-state index >= 15 is 0 Å². The van der Waals surface area contributed by atoms with E-state index in [4.69, 9.17) is 39.5 Å². The maximum Gasteiger partial charge on any atom is 0.362 e. The highest BCUT2D eigenvalue weighted by Gasteiger charge is 2.32. The van der Waals surface area contributed by atoms with Crippen LogP contribution in [0.1, 0.15) is 27.5 Å². The quantitative estimate of drug-likeness (QED) is 0.624. The Morgan fingerprint density at radius 3 is 2.52 bits per heavy atom. The third-order valence-electron chi connectivity index (χ3n) is 3.89. The van der Waals surface area contributed by atoms with Gasteiger partial charge < -0.3 is 14.8 Å². The van der Waals surface area contributed by atoms with Gasteiger partial charge in [-0.1, -0.05) is 41.0 Å². The van der Waals surface area contributed by atoms with Crippen molar-refractivity contribution >= 4 is 52.5 Å². The molecule has 2 heterocycles. The van der Waals surface area contributed by atoms with Crippen LogP contribution in [0.2, 0.25) is 10.0 Å². The number of pyridine rings is 1. The normalized spacial score (nSPS) is 14.9. The molecule has 2 aromatic rings. The topological polar surface area (TPSA) is 79.4 Å². The van der Waals surface area contributed by atoms with Gasteiger partial charge in [0.25, 0.3) is 5.56 Å². The van der Waals surface area contributed by atoms with Crippen LogP contribution in [0.15, 0.2) is 32.8 Å². The summed E-state index contributed by atoms with van der Waals surface area (Å²) in [5.74, 6) is -1.53. The van der Waals surface area contributed by atoms with E-state index < -0.39 is 28.2 Å². The fourth-order valence-electron chi connectivity index (χ4n) is 2.45. The van der Waals surface area contributed by atoms with Crippen LogP contribution in [-0.4, -0.2) is 29.3 Å². The first-order valence-electron chi connectivity index (χ1n) is 7.41. The number of carbonyl (C=O) groups is 1. The van der Waals surface area contributed by atoms with Gasteiger partial charge >= 0.3 is 11.4 Å². The van der Waals surface area contributed by atoms with E-state index in [1.54, 1.807) is 17.1 Å². The molecule has 1 aromatic heterocycles. The van der Waals surface area contributed by atoms with Crippen molar-refractivity contribution in [3.8, 4) is 0 Å². The van der Waals surface area contributed by atoms with Crippen molar-refractivity contribution in [1.29, 1.82) is 0 Å². The number of nitrogens with one attached hydrogen (secondary N) is 1. The molecule has 27 heavy (non-hydrogen) atoms. The molecule has 1 saturated heterocycles. The van der Waals surface area contributed by atoms with Crippen molar-refractivity contribution in [2.45, 2.75) is 21.1 Å². The second-order valence-corrected chi connectivity index (χ2v) is 7.98. The van der Waals surface area contributed by atoms with Gasteiger partial charge in [0.2, 0.25) is 0 Å². The molecule has 0 amide bonds. The number of rotatable bonds is 5. The van der Waals surface area contributed by atoms with Crippen LogP contribution >= 0.6 is 46.6 Å². The van der Waals surface area contributed by atoms with Crippen LogP contribution in [0.3, 0.4) is 0 Å². The Hall–Kier alpha value is -1.32. The van der Waals surface area contributed by atoms with Crippen LogP contribution in [0.5, 0.6) is 0 Å². The largest absolute Gasteiger partial charge is 0.477 e. The number of hydrogen-bond acceptors (Lipinski definition) is 4. The van der Waals surface area contributed by atoms with Gasteiger partial charge in [0.15, 0.2) is 0 Å². The number of carboxylic acid groups (broad SMARTS) is 1. The Kier molecular flexibility index (Phi) is 5.74. The minimum atomic E-state index is -3.88. The molecule has 0 bridgehead atoms. The molecular weight excluding hydrogens is 447 g/mol. The molecule has 1 aromatic carbocycles. The zero-order valence-corrected chi connectivity index (χ0v) is 16.3. The van der Waals surface area contributed by atoms with Crippen molar-refractivity contribution < 1.29 is 23.4 Å². The zero-order valence-electron chi connectivity index (χ0n) is 13.2. The highest BCUT2D eigenvalue weighted by Crippen LogP contribution is 2.44. The van der Waals surface area contributed by atoms with Crippen LogP contribution < -0.4 is 5.56 Å². The molecule has 1 aliphatic rings. The average molecular weight is 457 g/mol. The number of aromatic amines is 1. The molecule has 0 unspecified atom stereocenters. The van der Waals surface area contributed by atoms with E-state index in [0.29, 0.717) is 25.0 Å². The average Bonchev–Trinajstić information content (AvgIpc) is 2.50. The fraction of sp³-hybridized carbons (Fsp3) is 0.250. The van der Waals surface area contributed by atoms with Gasteiger partial charge in [0.05, 0.1) is 23.3 Å². The number of aromatic nitrogens is 1. The molecule has 5 nitrogen and oxygen atoms in total. The summed E-state index contributed by atoms with van der Waals surface area (Å²) in [5, 5.41) is 5.86. The first kappa shape index (κ1) is 20.4. The lowest BCUT2D eigenvalue weighted by molar-refractivity contribution is 0.00838. The number of carboxylic acids is 1. The summed E-state index contributed by atoms with van der Waals surface area (Å²) >= 11 is 18.3. The molecule has 0 atom stereocenters. The summed E-state index contributed by atoms with van der Waals surface area (Å²) in [5.41, 5.74) is -2.12. The number of aromatic carboxylic acids is 1. The summed E-state index contributed by atoms with van der Waals surface area (Å²) in [4.78, 5) is 25.3. The smallest absolute Gasteiger partial charge is 0.362 e. The van der Waals surface area contributed by atoms with E-state index in [2.05, 4.69) is 0 Å². The molecule has 0 aliphatic carbocycles. The monoisotopic (exact) mass is 455 g/mol. The number of alkyl halides is 3. The minimum absolute atomic E-state index is 0.0509. The second-order valence-electron chi connectivity index (χ2n) is 5.67. The van der Waals surface area contributed by atoms with Gasteiger partial charge in [-0.15, -0.1) is 0 Å². The lowest BCUT2D eigenvalue weighted by Crippen LogP contribution is -2.25. The summed E-state index contributed by atoms with van der Waals surface area (Å²) in [6.45, 7) is 0.943. The Balaban J connectivity index is 2.13. The standard InChI is InChI=1S/C16H10Cl3F2NO4S/c17-8-2-1-7(6-4-26-5-6)12(18)13(8)27-9-3-10(16(19,20)21)22-14(23)11(9)15(24)25/h1-3,6H,4-5H2,(H,22,23)(H,24,25). The van der Waals surface area contributed by atoms with Gasteiger partial charge in [0, 0.05) is 15.7 Å². The molecule has 0 radical (unpaired) electrons. The van der Waals surface area contributed by atoms with E-state index in [1.165, 1.54) is 0 Å². The van der Waals surface area contributed by atoms with Crippen molar-refractivity contribution in [1.82, 2.24) is 4.98 Å². The Bertz CT molecular complexity index is 973. The number of benzene rings is 1. The third-order valence-corrected chi connectivity index (χ3v) is 6.21. The Morgan fingerprint density at radius 2 is 2.00 bits per heavy atom. The van der Waals surface area contributed by atoms with Gasteiger partial charge in [-0.3, -0.25) is 4.79 Å². The highest BCUT2D eigenvalue weighted by atomic mass is 35.5. The first-order chi connectivity index (χ1) is 12.6. The Morgan fingerprint density at radius 1 is 1.33 bits per heavy atom. The number of H-pyrrole nitrogens is 1. The number of ether oxygens (including phenoxy) is 1. The zero-order chi connectivity index (χ0) is 19.9. The molecule has 0 saturated carbocycles. The van der Waals surface area contributed by atoms with Gasteiger partial charge in [0.1, 0.15) is 11.3 Å². The SMILES string of the molecule is O=C(O)c1c(Sc2c(Cl)ccc(C3COC3)c2Cl)cc(C(F)(F)Cl)[nH]c1=O. The number of halogens is 5. The van der Waals surface area contributed by atoms with Crippen molar-refractivity contribution in [3.63, 3.8) is 0 Å². The minimum Gasteiger partial charge on any atom is -0.477 e. The van der Waals surface area contributed by atoms with Gasteiger partial charge in [-0.25, -0.2) is 4.79 Å². The van der Waals surface area contributed by atoms with Gasteiger partial charge in [-0.05, 0) is 29.3 Å². The van der Waals surface area contributed by atoms with Crippen LogP contribution in [0.25, 0.3) is 0 Å². The molecular formula is C16H10Cl3F2NO4S. The van der Waals surface area contributed by atoms with Crippen molar-refractivity contribution in [2.24, 2.45) is 0 Å². The van der Waals surface area contributed by atoms with E-state index in [1.807, 2.05) is 0 Å². The predicted molar refractivity (Wildman–Crippen MR) is 97.9 cm³/mol. The predicted octanol–water partition coefficient (Wildman–Crippen LogP) is 4.93. The van der Waals surface area contributed by atoms with E-state index in [-0.39, 0.29) is 25.8 Å². The second kappa shape index (κ2) is 7.60. The third kappa shape index (κ3) is 4.09. The highest BCUT2D eigenvalue weighted by molar-refractivity contribution is 7.99. The molecule has 2 N–H and O–H groups in total. The van der Waals surface area contributed by atoms with Crippen LogP contribution in [0.4, 0.5) is 8.78 Å². The maximum absolute atomic E-state index is 13.4. The molecule has 1 aliphatic heterocycles. The van der Waals surface area contributed by atoms with Crippen molar-refractivity contribution in [3.05, 3.63) is 55.4 Å². The molecule has 144 valence electrons. The number of hydrogen-bond donors (Lipinski definition) is 2. The van der Waals surface area contributed by atoms with E-state index in [9.17, 15) is 23.5 Å². The van der Waals surface area contributed by atoms with E-state index in [0.717, 1.165) is 11.6 Å². The molecule has 11 heteroatoms. The lowest BCUT2D eigenvalue weighted by Gasteiger charge is -2.28. The summed E-state index contributed by atoms with van der Waals surface area (Å²) in [7, 11) is 0. The van der Waals surface area contributed by atoms with Crippen LogP contribution in [-0.2, 0) is 10.1 Å². The summed E-state index contributed by atoms with van der Waals surface area (Å²) in [6, 6.07) is 4.08. The maximum atomic E-state index is 13.4. The van der Waals surface area contributed by atoms with Gasteiger partial charge in [-0.2, -0.15) is 8.78 Å². The van der Waals surface area contributed by atoms with Crippen LogP contribution in [0, 0.1) is 0 Å². The van der Waals surface area contributed by atoms with Crippen molar-refractivity contribution in [2.75, 3.05) is 13.2 Å².